The normalized spacial score (nSPS) is 12.5. The summed E-state index contributed by atoms with van der Waals surface area (Å²) in [6, 6.07) is 0. The molecule has 0 aromatic rings. The molecule has 0 heterocycles. The van der Waals surface area contributed by atoms with E-state index in [-0.39, 0.29) is 25.2 Å². The van der Waals surface area contributed by atoms with E-state index in [1.165, 1.54) is 180 Å². The van der Waals surface area contributed by atoms with Crippen LogP contribution in [-0.4, -0.2) is 36.4 Å². The molecule has 338 valence electrons. The SMILES string of the molecule is CCCCCCC/C=C\C/C=C\C/C=C\CCCCCCCCCCCCC(=O)OC(CO)COC(=O)CCCCCCCCCCC/C=C\CCCCCCCC. The highest BCUT2D eigenvalue weighted by atomic mass is 16.6. The lowest BCUT2D eigenvalue weighted by atomic mass is 10.0. The molecule has 0 saturated carbocycles. The first-order chi connectivity index (χ1) is 28.6. The molecule has 58 heavy (non-hydrogen) atoms. The fraction of sp³-hybridized carbons (Fsp3) is 0.811. The van der Waals surface area contributed by atoms with Gasteiger partial charge in [-0.1, -0.05) is 217 Å². The molecule has 0 bridgehead atoms. The van der Waals surface area contributed by atoms with Crippen LogP contribution in [-0.2, 0) is 19.1 Å². The Hall–Kier alpha value is -2.14. The van der Waals surface area contributed by atoms with Crippen LogP contribution in [0.1, 0.15) is 258 Å². The molecular weight excluding hydrogens is 717 g/mol. The van der Waals surface area contributed by atoms with E-state index in [0.29, 0.717) is 12.8 Å². The molecule has 5 nitrogen and oxygen atoms in total. The van der Waals surface area contributed by atoms with Crippen molar-refractivity contribution in [3.63, 3.8) is 0 Å². The van der Waals surface area contributed by atoms with Gasteiger partial charge >= 0.3 is 11.9 Å². The minimum absolute atomic E-state index is 0.0675. The molecule has 0 spiro atoms. The van der Waals surface area contributed by atoms with Gasteiger partial charge in [0.2, 0.25) is 0 Å². The van der Waals surface area contributed by atoms with E-state index in [0.717, 1.165) is 51.4 Å². The summed E-state index contributed by atoms with van der Waals surface area (Å²) in [5, 5.41) is 9.62. The van der Waals surface area contributed by atoms with Gasteiger partial charge < -0.3 is 14.6 Å². The molecule has 1 atom stereocenters. The van der Waals surface area contributed by atoms with E-state index in [2.05, 4.69) is 62.5 Å². The van der Waals surface area contributed by atoms with Crippen LogP contribution in [0.4, 0.5) is 0 Å². The molecule has 0 fully saturated rings. The van der Waals surface area contributed by atoms with Crippen molar-refractivity contribution in [1.29, 1.82) is 0 Å². The number of carbonyl (C=O) groups is 2. The van der Waals surface area contributed by atoms with Crippen LogP contribution in [0.3, 0.4) is 0 Å². The molecule has 1 unspecified atom stereocenters. The van der Waals surface area contributed by atoms with Gasteiger partial charge in [-0.15, -0.1) is 0 Å². The fourth-order valence-corrected chi connectivity index (χ4v) is 7.26. The number of hydrogen-bond donors (Lipinski definition) is 1. The van der Waals surface area contributed by atoms with Gasteiger partial charge in [0.15, 0.2) is 6.10 Å². The van der Waals surface area contributed by atoms with Crippen LogP contribution >= 0.6 is 0 Å². The summed E-state index contributed by atoms with van der Waals surface area (Å²) in [5.74, 6) is -0.590. The molecule has 0 saturated heterocycles. The third-order valence-corrected chi connectivity index (χ3v) is 11.1. The maximum absolute atomic E-state index is 12.3. The Bertz CT molecular complexity index is 966. The molecule has 0 aromatic carbocycles. The third kappa shape index (κ3) is 46.5. The maximum Gasteiger partial charge on any atom is 0.306 e. The van der Waals surface area contributed by atoms with Crippen LogP contribution in [0.25, 0.3) is 0 Å². The summed E-state index contributed by atoms with van der Waals surface area (Å²) in [6.07, 6.45) is 63.4. The Morgan fingerprint density at radius 1 is 0.397 bits per heavy atom. The molecule has 0 aromatic heterocycles. The van der Waals surface area contributed by atoms with Crippen molar-refractivity contribution in [3.05, 3.63) is 48.6 Å². The van der Waals surface area contributed by atoms with Gasteiger partial charge in [0, 0.05) is 12.8 Å². The zero-order valence-corrected chi connectivity index (χ0v) is 38.6. The van der Waals surface area contributed by atoms with E-state index in [1.807, 2.05) is 0 Å². The van der Waals surface area contributed by atoms with Gasteiger partial charge in [-0.3, -0.25) is 9.59 Å². The van der Waals surface area contributed by atoms with Crippen LogP contribution in [0, 0.1) is 0 Å². The molecule has 0 aliphatic heterocycles. The zero-order valence-electron chi connectivity index (χ0n) is 38.6. The number of hydrogen-bond acceptors (Lipinski definition) is 5. The largest absolute Gasteiger partial charge is 0.462 e. The van der Waals surface area contributed by atoms with Crippen molar-refractivity contribution in [3.8, 4) is 0 Å². The van der Waals surface area contributed by atoms with Crippen LogP contribution in [0.2, 0.25) is 0 Å². The average molecular weight is 813 g/mol. The number of aliphatic hydroxyl groups excluding tert-OH is 1. The molecule has 1 N–H and O–H groups in total. The molecule has 0 aliphatic carbocycles. The first kappa shape index (κ1) is 55.9. The Morgan fingerprint density at radius 3 is 1.05 bits per heavy atom. The number of aliphatic hydroxyl groups is 1. The van der Waals surface area contributed by atoms with Crippen molar-refractivity contribution in [2.45, 2.75) is 264 Å². The quantitative estimate of drug-likeness (QED) is 0.0376. The lowest BCUT2D eigenvalue weighted by Gasteiger charge is -2.15. The lowest BCUT2D eigenvalue weighted by Crippen LogP contribution is -2.28. The number of esters is 2. The van der Waals surface area contributed by atoms with Crippen molar-refractivity contribution in [2.24, 2.45) is 0 Å². The minimum atomic E-state index is -0.775. The molecule has 5 heteroatoms. The first-order valence-corrected chi connectivity index (χ1v) is 25.2. The minimum Gasteiger partial charge on any atom is -0.462 e. The number of unbranched alkanes of at least 4 members (excludes halogenated alkanes) is 30. The van der Waals surface area contributed by atoms with E-state index < -0.39 is 6.10 Å². The summed E-state index contributed by atoms with van der Waals surface area (Å²) < 4.78 is 10.7. The first-order valence-electron chi connectivity index (χ1n) is 25.2. The van der Waals surface area contributed by atoms with Crippen molar-refractivity contribution in [1.82, 2.24) is 0 Å². The highest BCUT2D eigenvalue weighted by Gasteiger charge is 2.16. The standard InChI is InChI=1S/C53H96O5/c1-3-5-7-9-11-13-15-17-19-21-23-24-25-26-27-28-30-32-34-36-38-40-42-44-46-48-53(56)58-51(49-54)50-57-52(55)47-45-43-41-39-37-35-33-31-29-22-20-18-16-14-12-10-8-6-4-2/h15,17-18,20-21,23,25-26,51,54H,3-14,16,19,22,24,27-50H2,1-2H3/b17-15-,20-18-,23-21-,26-25-. The van der Waals surface area contributed by atoms with E-state index in [9.17, 15) is 14.7 Å². The van der Waals surface area contributed by atoms with Crippen LogP contribution in [0.15, 0.2) is 48.6 Å². The molecular formula is C53H96O5. The molecule has 0 aliphatic rings. The van der Waals surface area contributed by atoms with Crippen molar-refractivity contribution >= 4 is 11.9 Å². The summed E-state index contributed by atoms with van der Waals surface area (Å²) >= 11 is 0. The second kappa shape index (κ2) is 49.2. The van der Waals surface area contributed by atoms with E-state index in [4.69, 9.17) is 9.47 Å². The average Bonchev–Trinajstić information content (AvgIpc) is 3.23. The van der Waals surface area contributed by atoms with Crippen molar-refractivity contribution in [2.75, 3.05) is 13.2 Å². The fourth-order valence-electron chi connectivity index (χ4n) is 7.26. The van der Waals surface area contributed by atoms with Gasteiger partial charge in [0.25, 0.3) is 0 Å². The summed E-state index contributed by atoms with van der Waals surface area (Å²) in [7, 11) is 0. The van der Waals surface area contributed by atoms with Crippen molar-refractivity contribution < 1.29 is 24.2 Å². The topological polar surface area (TPSA) is 72.8 Å². The second-order valence-electron chi connectivity index (χ2n) is 16.9. The Labute approximate surface area is 360 Å². The Morgan fingerprint density at radius 2 is 0.690 bits per heavy atom. The van der Waals surface area contributed by atoms with Gasteiger partial charge in [-0.05, 0) is 77.0 Å². The number of ether oxygens (including phenoxy) is 2. The third-order valence-electron chi connectivity index (χ3n) is 11.1. The predicted molar refractivity (Wildman–Crippen MR) is 251 cm³/mol. The van der Waals surface area contributed by atoms with Gasteiger partial charge in [0.05, 0.1) is 6.61 Å². The molecule has 0 rings (SSSR count). The highest BCUT2D eigenvalue weighted by molar-refractivity contribution is 5.70. The van der Waals surface area contributed by atoms with Gasteiger partial charge in [-0.25, -0.2) is 0 Å². The summed E-state index contributed by atoms with van der Waals surface area (Å²) in [5.41, 5.74) is 0. The van der Waals surface area contributed by atoms with E-state index >= 15 is 0 Å². The predicted octanol–water partition coefficient (Wildman–Crippen LogP) is 16.5. The number of rotatable bonds is 46. The lowest BCUT2D eigenvalue weighted by molar-refractivity contribution is -0.161. The van der Waals surface area contributed by atoms with Crippen LogP contribution < -0.4 is 0 Å². The summed E-state index contributed by atoms with van der Waals surface area (Å²) in [6.45, 7) is 4.14. The number of allylic oxidation sites excluding steroid dienone is 8. The zero-order chi connectivity index (χ0) is 42.1. The number of carbonyl (C=O) groups excluding carboxylic acids is 2. The van der Waals surface area contributed by atoms with Gasteiger partial charge in [-0.2, -0.15) is 0 Å². The Kier molecular flexibility index (Phi) is 47.4. The van der Waals surface area contributed by atoms with Crippen LogP contribution in [0.5, 0.6) is 0 Å². The second-order valence-corrected chi connectivity index (χ2v) is 16.9. The van der Waals surface area contributed by atoms with E-state index in [1.54, 1.807) is 0 Å². The Balaban J connectivity index is 3.51. The highest BCUT2D eigenvalue weighted by Crippen LogP contribution is 2.15. The monoisotopic (exact) mass is 813 g/mol. The van der Waals surface area contributed by atoms with Gasteiger partial charge in [0.1, 0.15) is 6.61 Å². The maximum atomic E-state index is 12.3. The molecule has 0 amide bonds. The smallest absolute Gasteiger partial charge is 0.306 e. The summed E-state index contributed by atoms with van der Waals surface area (Å²) in [4.78, 5) is 24.4. The molecule has 0 radical (unpaired) electrons.